The van der Waals surface area contributed by atoms with Crippen molar-refractivity contribution in [3.05, 3.63) is 17.5 Å². The number of hydrogen-bond acceptors (Lipinski definition) is 4. The number of rotatable bonds is 4. The molecule has 5 nitrogen and oxygen atoms in total. The molecule has 0 bridgehead atoms. The molecule has 1 aliphatic rings. The fourth-order valence-electron chi connectivity index (χ4n) is 2.21. The molecular formula is C13H20N2O3. The van der Waals surface area contributed by atoms with Crippen molar-refractivity contribution in [2.75, 3.05) is 26.3 Å². The Morgan fingerprint density at radius 3 is 2.83 bits per heavy atom. The van der Waals surface area contributed by atoms with Gasteiger partial charge in [-0.05, 0) is 32.6 Å². The minimum absolute atomic E-state index is 0.0505. The molecule has 0 N–H and O–H groups in total. The lowest BCUT2D eigenvalue weighted by Crippen LogP contribution is -2.39. The number of amides is 1. The van der Waals surface area contributed by atoms with Gasteiger partial charge in [0.05, 0.1) is 5.69 Å². The van der Waals surface area contributed by atoms with Crippen LogP contribution in [0.25, 0.3) is 0 Å². The Labute approximate surface area is 107 Å². The van der Waals surface area contributed by atoms with Crippen molar-refractivity contribution < 1.29 is 14.1 Å². The summed E-state index contributed by atoms with van der Waals surface area (Å²) < 4.78 is 10.4. The predicted octanol–water partition coefficient (Wildman–Crippen LogP) is 1.87. The molecular weight excluding hydrogens is 232 g/mol. The molecule has 1 aromatic rings. The van der Waals surface area contributed by atoms with Crippen molar-refractivity contribution in [2.45, 2.75) is 26.7 Å². The molecule has 2 heterocycles. The van der Waals surface area contributed by atoms with E-state index in [0.29, 0.717) is 11.7 Å². The first-order valence-electron chi connectivity index (χ1n) is 6.51. The normalized spacial score (nSPS) is 17.1. The molecule has 100 valence electrons. The average Bonchev–Trinajstić information content (AvgIpc) is 2.83. The Morgan fingerprint density at radius 2 is 2.28 bits per heavy atom. The average molecular weight is 252 g/mol. The first-order valence-corrected chi connectivity index (χ1v) is 6.51. The van der Waals surface area contributed by atoms with Gasteiger partial charge < -0.3 is 14.2 Å². The van der Waals surface area contributed by atoms with Crippen molar-refractivity contribution in [1.29, 1.82) is 0 Å². The highest BCUT2D eigenvalue weighted by Gasteiger charge is 2.25. The van der Waals surface area contributed by atoms with Crippen molar-refractivity contribution in [2.24, 2.45) is 5.92 Å². The van der Waals surface area contributed by atoms with Gasteiger partial charge in [0.25, 0.3) is 5.91 Å². The van der Waals surface area contributed by atoms with E-state index in [1.807, 2.05) is 18.7 Å². The van der Waals surface area contributed by atoms with Crippen molar-refractivity contribution >= 4 is 5.91 Å². The summed E-state index contributed by atoms with van der Waals surface area (Å²) in [7, 11) is 0. The number of aromatic nitrogens is 1. The van der Waals surface area contributed by atoms with E-state index in [4.69, 9.17) is 9.26 Å². The molecule has 2 rings (SSSR count). The molecule has 0 saturated carbocycles. The second kappa shape index (κ2) is 6.00. The number of ether oxygens (including phenoxy) is 1. The fraction of sp³-hybridized carbons (Fsp3) is 0.692. The number of carbonyl (C=O) groups excluding carboxylic acids is 1. The van der Waals surface area contributed by atoms with Gasteiger partial charge in [-0.25, -0.2) is 0 Å². The van der Waals surface area contributed by atoms with Gasteiger partial charge in [-0.15, -0.1) is 0 Å². The fourth-order valence-corrected chi connectivity index (χ4v) is 2.21. The number of nitrogens with zero attached hydrogens (tertiary/aromatic N) is 2. The van der Waals surface area contributed by atoms with Crippen LogP contribution in [0.15, 0.2) is 10.6 Å². The standard InChI is InChI=1S/C13H20N2O3/c1-3-17-9-11-4-6-15(7-5-11)13(16)12-8-10(2)14-18-12/h8,11H,3-7,9H2,1-2H3. The molecule has 1 aliphatic heterocycles. The summed E-state index contributed by atoms with van der Waals surface area (Å²) in [6.45, 7) is 6.93. The molecule has 1 saturated heterocycles. The highest BCUT2D eigenvalue weighted by molar-refractivity contribution is 5.91. The Hall–Kier alpha value is -1.36. The van der Waals surface area contributed by atoms with Gasteiger partial charge in [-0.2, -0.15) is 0 Å². The van der Waals surface area contributed by atoms with Gasteiger partial charge in [-0.3, -0.25) is 4.79 Å². The number of likely N-dealkylation sites (tertiary alicyclic amines) is 1. The third kappa shape index (κ3) is 3.10. The van der Waals surface area contributed by atoms with E-state index in [-0.39, 0.29) is 5.91 Å². The number of aryl methyl sites for hydroxylation is 1. The van der Waals surface area contributed by atoms with Crippen LogP contribution in [0.5, 0.6) is 0 Å². The molecule has 0 unspecified atom stereocenters. The lowest BCUT2D eigenvalue weighted by atomic mass is 9.97. The minimum Gasteiger partial charge on any atom is -0.381 e. The molecule has 0 spiro atoms. The van der Waals surface area contributed by atoms with Crippen LogP contribution in [0.3, 0.4) is 0 Å². The first kappa shape index (κ1) is 13.1. The summed E-state index contributed by atoms with van der Waals surface area (Å²) >= 11 is 0. The van der Waals surface area contributed by atoms with E-state index in [9.17, 15) is 4.79 Å². The van der Waals surface area contributed by atoms with Gasteiger partial charge in [0, 0.05) is 32.4 Å². The summed E-state index contributed by atoms with van der Waals surface area (Å²) in [5, 5.41) is 3.75. The summed E-state index contributed by atoms with van der Waals surface area (Å²) in [6.07, 6.45) is 2.00. The molecule has 18 heavy (non-hydrogen) atoms. The van der Waals surface area contributed by atoms with Crippen LogP contribution < -0.4 is 0 Å². The molecule has 1 fully saturated rings. The number of piperidine rings is 1. The van der Waals surface area contributed by atoms with E-state index in [1.54, 1.807) is 6.07 Å². The highest BCUT2D eigenvalue weighted by atomic mass is 16.5. The predicted molar refractivity (Wildman–Crippen MR) is 66.4 cm³/mol. The zero-order valence-electron chi connectivity index (χ0n) is 11.0. The van der Waals surface area contributed by atoms with Crippen LogP contribution in [0.2, 0.25) is 0 Å². The largest absolute Gasteiger partial charge is 0.381 e. The van der Waals surface area contributed by atoms with Gasteiger partial charge in [0.15, 0.2) is 0 Å². The van der Waals surface area contributed by atoms with Gasteiger partial charge in [0.1, 0.15) is 0 Å². The van der Waals surface area contributed by atoms with E-state index >= 15 is 0 Å². The second-order valence-electron chi connectivity index (χ2n) is 4.73. The molecule has 5 heteroatoms. The van der Waals surface area contributed by atoms with Gasteiger partial charge in [0.2, 0.25) is 5.76 Å². The van der Waals surface area contributed by atoms with Crippen LogP contribution in [-0.4, -0.2) is 42.3 Å². The Balaban J connectivity index is 1.84. The van der Waals surface area contributed by atoms with Gasteiger partial charge >= 0.3 is 0 Å². The molecule has 1 amide bonds. The third-order valence-corrected chi connectivity index (χ3v) is 3.30. The van der Waals surface area contributed by atoms with Crippen molar-refractivity contribution in [3.63, 3.8) is 0 Å². The van der Waals surface area contributed by atoms with Crippen LogP contribution in [0, 0.1) is 12.8 Å². The number of hydrogen-bond donors (Lipinski definition) is 0. The van der Waals surface area contributed by atoms with E-state index in [0.717, 1.165) is 44.8 Å². The lowest BCUT2D eigenvalue weighted by molar-refractivity contribution is 0.0521. The maximum atomic E-state index is 12.1. The molecule has 0 aliphatic carbocycles. The van der Waals surface area contributed by atoms with Crippen LogP contribution in [0.1, 0.15) is 36.0 Å². The Morgan fingerprint density at radius 1 is 1.56 bits per heavy atom. The molecule has 0 radical (unpaired) electrons. The van der Waals surface area contributed by atoms with Crippen LogP contribution in [-0.2, 0) is 4.74 Å². The summed E-state index contributed by atoms with van der Waals surface area (Å²) in [5.74, 6) is 0.867. The highest BCUT2D eigenvalue weighted by Crippen LogP contribution is 2.19. The van der Waals surface area contributed by atoms with Crippen molar-refractivity contribution in [1.82, 2.24) is 10.1 Å². The van der Waals surface area contributed by atoms with Gasteiger partial charge in [-0.1, -0.05) is 5.16 Å². The number of carbonyl (C=O) groups is 1. The Kier molecular flexibility index (Phi) is 4.36. The molecule has 1 aromatic heterocycles. The minimum atomic E-state index is -0.0505. The maximum Gasteiger partial charge on any atom is 0.292 e. The molecule has 0 atom stereocenters. The van der Waals surface area contributed by atoms with E-state index in [2.05, 4.69) is 5.16 Å². The van der Waals surface area contributed by atoms with E-state index < -0.39 is 0 Å². The zero-order valence-corrected chi connectivity index (χ0v) is 11.0. The first-order chi connectivity index (χ1) is 8.70. The summed E-state index contributed by atoms with van der Waals surface area (Å²) in [6, 6.07) is 1.69. The van der Waals surface area contributed by atoms with E-state index in [1.165, 1.54) is 0 Å². The summed E-state index contributed by atoms with van der Waals surface area (Å²) in [5.41, 5.74) is 0.740. The smallest absolute Gasteiger partial charge is 0.292 e. The molecule has 0 aromatic carbocycles. The quantitative estimate of drug-likeness (QED) is 0.821. The lowest BCUT2D eigenvalue weighted by Gasteiger charge is -2.31. The van der Waals surface area contributed by atoms with Crippen LogP contribution >= 0.6 is 0 Å². The Bertz CT molecular complexity index is 395. The monoisotopic (exact) mass is 252 g/mol. The van der Waals surface area contributed by atoms with Crippen molar-refractivity contribution in [3.8, 4) is 0 Å². The summed E-state index contributed by atoms with van der Waals surface area (Å²) in [4.78, 5) is 13.9. The zero-order chi connectivity index (χ0) is 13.0. The third-order valence-electron chi connectivity index (χ3n) is 3.30. The topological polar surface area (TPSA) is 55.6 Å². The second-order valence-corrected chi connectivity index (χ2v) is 4.73. The van der Waals surface area contributed by atoms with Crippen LogP contribution in [0.4, 0.5) is 0 Å². The SMILES string of the molecule is CCOCC1CCN(C(=O)c2cc(C)no2)CC1. The maximum absolute atomic E-state index is 12.1.